The summed E-state index contributed by atoms with van der Waals surface area (Å²) in [5, 5.41) is 15.0. The van der Waals surface area contributed by atoms with Crippen molar-refractivity contribution in [1.29, 1.82) is 0 Å². The fraction of sp³-hybridized carbons (Fsp3) is 0.571. The van der Waals surface area contributed by atoms with Crippen LogP contribution in [0.25, 0.3) is 0 Å². The number of nitrogens with two attached hydrogens (primary N) is 2. The van der Waals surface area contributed by atoms with E-state index in [9.17, 15) is 0 Å². The first-order valence-electron chi connectivity index (χ1n) is 7.31. The monoisotopic (exact) mass is 344 g/mol. The van der Waals surface area contributed by atoms with Gasteiger partial charge in [0.05, 0.1) is 11.4 Å². The Kier molecular flexibility index (Phi) is 4.87. The summed E-state index contributed by atoms with van der Waals surface area (Å²) < 4.78 is 0. The van der Waals surface area contributed by atoms with E-state index in [1.54, 1.807) is 0 Å². The quantitative estimate of drug-likeness (QED) is 0.663. The molecule has 0 saturated heterocycles. The highest BCUT2D eigenvalue weighted by molar-refractivity contribution is 5.85. The van der Waals surface area contributed by atoms with Gasteiger partial charge in [0.15, 0.2) is 0 Å². The van der Waals surface area contributed by atoms with Gasteiger partial charge in [-0.1, -0.05) is 0 Å². The minimum Gasteiger partial charge on any atom is -0.328 e. The lowest BCUT2D eigenvalue weighted by Gasteiger charge is -2.23. The van der Waals surface area contributed by atoms with Gasteiger partial charge >= 0.3 is 0 Å². The highest BCUT2D eigenvalue weighted by Gasteiger charge is 2.37. The molecule has 0 bridgehead atoms. The average molecular weight is 345 g/mol. The first-order valence-corrected chi connectivity index (χ1v) is 7.31. The van der Waals surface area contributed by atoms with Crippen LogP contribution < -0.4 is 11.5 Å². The van der Waals surface area contributed by atoms with Gasteiger partial charge in [0.2, 0.25) is 0 Å². The lowest BCUT2D eigenvalue weighted by molar-refractivity contribution is 0.515. The average Bonchev–Trinajstić information content (AvgIpc) is 3.40. The first kappa shape index (κ1) is 17.3. The van der Waals surface area contributed by atoms with Crippen molar-refractivity contribution in [2.45, 2.75) is 43.1 Å². The molecule has 2 saturated carbocycles. The molecule has 0 spiro atoms. The molecule has 4 rings (SSSR count). The Hall–Kier alpha value is -1.08. The van der Waals surface area contributed by atoms with Crippen LogP contribution in [0.15, 0.2) is 12.1 Å². The van der Waals surface area contributed by atoms with Crippen LogP contribution in [-0.4, -0.2) is 26.9 Å². The minimum absolute atomic E-state index is 0. The van der Waals surface area contributed by atoms with Crippen molar-refractivity contribution in [3.05, 3.63) is 34.9 Å². The largest absolute Gasteiger partial charge is 0.328 e. The topological polar surface area (TPSA) is 109 Å². The molecule has 2 heterocycles. The minimum atomic E-state index is -0.812. The summed E-state index contributed by atoms with van der Waals surface area (Å²) in [5.74, 6) is 1.25. The van der Waals surface area contributed by atoms with Crippen LogP contribution in [-0.2, 0) is 5.54 Å². The van der Waals surface area contributed by atoms with Crippen molar-refractivity contribution in [3.63, 3.8) is 0 Å². The van der Waals surface area contributed by atoms with Crippen LogP contribution in [0.1, 0.15) is 60.3 Å². The van der Waals surface area contributed by atoms with Crippen molar-refractivity contribution in [3.8, 4) is 0 Å². The van der Waals surface area contributed by atoms with Gasteiger partial charge < -0.3 is 11.5 Å². The SMILES string of the molecule is Cl.Cl.NCC(N)(c1cc(C2CC2)[nH]n1)c1cc(C2CC2)[nH]n1. The molecule has 2 aromatic rings. The standard InChI is InChI=1S/C14H20N6.2ClH/c15-7-14(16,12-5-10(17-19-12)8-1-2-8)13-6-11(18-20-13)9-3-4-9;;/h5-6,8-9H,1-4,7,15-16H2,(H,17,19)(H,18,20);2*1H. The van der Waals surface area contributed by atoms with E-state index in [4.69, 9.17) is 11.5 Å². The van der Waals surface area contributed by atoms with Crippen LogP contribution in [0.3, 0.4) is 0 Å². The maximum absolute atomic E-state index is 6.52. The van der Waals surface area contributed by atoms with Gasteiger partial charge in [0, 0.05) is 29.8 Å². The number of nitrogens with one attached hydrogen (secondary N) is 2. The van der Waals surface area contributed by atoms with E-state index in [1.165, 1.54) is 37.1 Å². The number of halogens is 2. The normalized spacial score (nSPS) is 17.7. The zero-order valence-corrected chi connectivity index (χ0v) is 13.8. The second-order valence-electron chi connectivity index (χ2n) is 6.14. The smallest absolute Gasteiger partial charge is 0.117 e. The summed E-state index contributed by atoms with van der Waals surface area (Å²) >= 11 is 0. The summed E-state index contributed by atoms with van der Waals surface area (Å²) in [7, 11) is 0. The highest BCUT2D eigenvalue weighted by atomic mass is 35.5. The zero-order valence-electron chi connectivity index (χ0n) is 12.2. The fourth-order valence-corrected chi connectivity index (χ4v) is 2.68. The molecule has 0 atom stereocenters. The van der Waals surface area contributed by atoms with Gasteiger partial charge in [-0.25, -0.2) is 0 Å². The second-order valence-corrected chi connectivity index (χ2v) is 6.14. The highest BCUT2D eigenvalue weighted by Crippen LogP contribution is 2.41. The van der Waals surface area contributed by atoms with E-state index in [0.717, 1.165) is 11.4 Å². The molecule has 2 fully saturated rings. The Morgan fingerprint density at radius 3 is 1.68 bits per heavy atom. The predicted octanol–water partition coefficient (Wildman–Crippen LogP) is 1.89. The van der Waals surface area contributed by atoms with E-state index in [1.807, 2.05) is 0 Å². The van der Waals surface area contributed by atoms with Crippen molar-refractivity contribution < 1.29 is 0 Å². The van der Waals surface area contributed by atoms with Gasteiger partial charge in [-0.3, -0.25) is 10.2 Å². The number of H-pyrrole nitrogens is 2. The predicted molar refractivity (Wildman–Crippen MR) is 89.6 cm³/mol. The maximum atomic E-state index is 6.52. The van der Waals surface area contributed by atoms with Gasteiger partial charge in [0.25, 0.3) is 0 Å². The Balaban J connectivity index is 0.000000882. The van der Waals surface area contributed by atoms with Crippen molar-refractivity contribution in [2.24, 2.45) is 11.5 Å². The number of hydrogen-bond acceptors (Lipinski definition) is 4. The Labute approximate surface area is 141 Å². The lowest BCUT2D eigenvalue weighted by atomic mass is 9.91. The van der Waals surface area contributed by atoms with Gasteiger partial charge in [-0.2, -0.15) is 10.2 Å². The molecule has 22 heavy (non-hydrogen) atoms. The zero-order chi connectivity index (χ0) is 13.7. The van der Waals surface area contributed by atoms with Crippen molar-refractivity contribution in [1.82, 2.24) is 20.4 Å². The van der Waals surface area contributed by atoms with Gasteiger partial charge in [-0.05, 0) is 37.8 Å². The fourth-order valence-electron chi connectivity index (χ4n) is 2.68. The molecule has 0 unspecified atom stereocenters. The van der Waals surface area contributed by atoms with Crippen LogP contribution in [0, 0.1) is 0 Å². The first-order chi connectivity index (χ1) is 9.70. The Bertz CT molecular complexity index is 579. The maximum Gasteiger partial charge on any atom is 0.117 e. The van der Waals surface area contributed by atoms with Crippen LogP contribution in [0.5, 0.6) is 0 Å². The van der Waals surface area contributed by atoms with E-state index in [-0.39, 0.29) is 31.4 Å². The second kappa shape index (κ2) is 6.20. The number of aromatic nitrogens is 4. The lowest BCUT2D eigenvalue weighted by Crippen LogP contribution is -2.45. The molecule has 2 aliphatic rings. The number of hydrogen-bond donors (Lipinski definition) is 4. The molecular formula is C14H22Cl2N6. The number of aromatic amines is 2. The third-order valence-electron chi connectivity index (χ3n) is 4.47. The van der Waals surface area contributed by atoms with Crippen molar-refractivity contribution >= 4 is 24.8 Å². The molecule has 0 aromatic carbocycles. The van der Waals surface area contributed by atoms with Gasteiger partial charge in [-0.15, -0.1) is 24.8 Å². The van der Waals surface area contributed by atoms with E-state index >= 15 is 0 Å². The third kappa shape index (κ3) is 2.88. The Morgan fingerprint density at radius 2 is 1.36 bits per heavy atom. The van der Waals surface area contributed by atoms with Crippen LogP contribution >= 0.6 is 24.8 Å². The summed E-state index contributed by atoms with van der Waals surface area (Å²) in [6.07, 6.45) is 4.93. The summed E-state index contributed by atoms with van der Waals surface area (Å²) in [5.41, 5.74) is 15.6. The molecule has 122 valence electrons. The van der Waals surface area contributed by atoms with E-state index in [2.05, 4.69) is 32.5 Å². The molecule has 6 N–H and O–H groups in total. The molecular weight excluding hydrogens is 323 g/mol. The van der Waals surface area contributed by atoms with Crippen molar-refractivity contribution in [2.75, 3.05) is 6.54 Å². The molecule has 2 aliphatic carbocycles. The van der Waals surface area contributed by atoms with E-state index in [0.29, 0.717) is 11.8 Å². The summed E-state index contributed by atoms with van der Waals surface area (Å²) in [6, 6.07) is 4.10. The third-order valence-corrected chi connectivity index (χ3v) is 4.47. The number of rotatable bonds is 5. The molecule has 0 aliphatic heterocycles. The summed E-state index contributed by atoms with van der Waals surface area (Å²) in [6.45, 7) is 0.289. The summed E-state index contributed by atoms with van der Waals surface area (Å²) in [4.78, 5) is 0. The molecule has 0 radical (unpaired) electrons. The Morgan fingerprint density at radius 1 is 0.955 bits per heavy atom. The van der Waals surface area contributed by atoms with Crippen LogP contribution in [0.4, 0.5) is 0 Å². The molecule has 6 nitrogen and oxygen atoms in total. The molecule has 8 heteroatoms. The molecule has 2 aromatic heterocycles. The molecule has 0 amide bonds. The van der Waals surface area contributed by atoms with Crippen LogP contribution in [0.2, 0.25) is 0 Å². The van der Waals surface area contributed by atoms with Gasteiger partial charge in [0.1, 0.15) is 5.54 Å². The van der Waals surface area contributed by atoms with E-state index < -0.39 is 5.54 Å². The number of nitrogens with zero attached hydrogens (tertiary/aromatic N) is 2.